The number of thiocarbonyl (C=S) groups is 1. The fourth-order valence-corrected chi connectivity index (χ4v) is 2.07. The Morgan fingerprint density at radius 1 is 1.29 bits per heavy atom. The molecule has 0 amide bonds. The second-order valence-electron chi connectivity index (χ2n) is 5.06. The van der Waals surface area contributed by atoms with Crippen molar-refractivity contribution in [3.8, 4) is 0 Å². The van der Waals surface area contributed by atoms with Crippen molar-refractivity contribution in [1.29, 1.82) is 0 Å². The smallest absolute Gasteiger partial charge is 0.166 e. The van der Waals surface area contributed by atoms with Gasteiger partial charge in [0, 0.05) is 32.2 Å². The summed E-state index contributed by atoms with van der Waals surface area (Å²) in [5, 5.41) is 7.31. The van der Waals surface area contributed by atoms with Gasteiger partial charge in [0.25, 0.3) is 0 Å². The Hall–Kier alpha value is -0.390. The average Bonchev–Trinajstić information content (AvgIpc) is 2.27. The minimum absolute atomic E-state index is 0.375. The first-order valence-corrected chi connectivity index (χ1v) is 6.83. The van der Waals surface area contributed by atoms with Crippen molar-refractivity contribution in [1.82, 2.24) is 15.5 Å². The molecule has 0 spiro atoms. The summed E-state index contributed by atoms with van der Waals surface area (Å²) < 4.78 is 5.33. The number of rotatable bonds is 5. The third-order valence-corrected chi connectivity index (χ3v) is 2.95. The lowest BCUT2D eigenvalue weighted by molar-refractivity contribution is 0.0352. The first-order valence-electron chi connectivity index (χ1n) is 6.42. The quantitative estimate of drug-likeness (QED) is 0.715. The summed E-state index contributed by atoms with van der Waals surface area (Å²) in [6.45, 7) is 12.2. The molecule has 2 N–H and O–H groups in total. The van der Waals surface area contributed by atoms with Crippen molar-refractivity contribution in [2.45, 2.75) is 26.8 Å². The topological polar surface area (TPSA) is 36.5 Å². The Morgan fingerprint density at radius 3 is 2.53 bits per heavy atom. The monoisotopic (exact) mass is 259 g/mol. The molecule has 1 saturated heterocycles. The summed E-state index contributed by atoms with van der Waals surface area (Å²) in [7, 11) is 0. The van der Waals surface area contributed by atoms with Crippen molar-refractivity contribution in [3.63, 3.8) is 0 Å². The molecule has 0 aliphatic carbocycles. The number of nitrogens with one attached hydrogen (secondary N) is 2. The molecule has 1 heterocycles. The molecule has 0 aromatic heterocycles. The number of hydrogen-bond acceptors (Lipinski definition) is 3. The van der Waals surface area contributed by atoms with E-state index in [1.54, 1.807) is 0 Å². The molecule has 0 radical (unpaired) electrons. The first-order chi connectivity index (χ1) is 8.08. The second-order valence-corrected chi connectivity index (χ2v) is 5.47. The van der Waals surface area contributed by atoms with E-state index in [1.165, 1.54) is 0 Å². The lowest BCUT2D eigenvalue weighted by atomic mass is 10.2. The predicted octanol–water partition coefficient (Wildman–Crippen LogP) is 0.827. The van der Waals surface area contributed by atoms with Crippen LogP contribution in [0.4, 0.5) is 0 Å². The molecule has 4 nitrogen and oxygen atoms in total. The number of ether oxygens (including phenoxy) is 1. The number of nitrogens with zero attached hydrogens (tertiary/aromatic N) is 1. The van der Waals surface area contributed by atoms with Crippen LogP contribution in [0.3, 0.4) is 0 Å². The van der Waals surface area contributed by atoms with Gasteiger partial charge in [-0.05, 0) is 25.1 Å². The zero-order valence-electron chi connectivity index (χ0n) is 11.2. The molecule has 100 valence electrons. The molecule has 1 aliphatic rings. The summed E-state index contributed by atoms with van der Waals surface area (Å²) in [4.78, 5) is 2.41. The molecule has 1 atom stereocenters. The van der Waals surface area contributed by atoms with Crippen molar-refractivity contribution >= 4 is 17.3 Å². The highest BCUT2D eigenvalue weighted by atomic mass is 32.1. The molecule has 1 fully saturated rings. The molecule has 5 heteroatoms. The van der Waals surface area contributed by atoms with Crippen molar-refractivity contribution in [2.75, 3.05) is 39.4 Å². The largest absolute Gasteiger partial charge is 0.379 e. The molecule has 0 aromatic carbocycles. The Balaban J connectivity index is 2.14. The molecule has 1 unspecified atom stereocenters. The molecule has 0 bridgehead atoms. The van der Waals surface area contributed by atoms with Crippen molar-refractivity contribution in [3.05, 3.63) is 0 Å². The average molecular weight is 259 g/mol. The maximum Gasteiger partial charge on any atom is 0.166 e. The van der Waals surface area contributed by atoms with Crippen LogP contribution < -0.4 is 10.6 Å². The summed E-state index contributed by atoms with van der Waals surface area (Å²) in [5.41, 5.74) is 0. The van der Waals surface area contributed by atoms with E-state index in [4.69, 9.17) is 17.0 Å². The minimum Gasteiger partial charge on any atom is -0.379 e. The van der Waals surface area contributed by atoms with Gasteiger partial charge in [0.1, 0.15) is 0 Å². The highest BCUT2D eigenvalue weighted by molar-refractivity contribution is 7.80. The van der Waals surface area contributed by atoms with Crippen LogP contribution in [0.25, 0.3) is 0 Å². The zero-order valence-corrected chi connectivity index (χ0v) is 12.0. The van der Waals surface area contributed by atoms with Gasteiger partial charge in [0.05, 0.1) is 13.2 Å². The van der Waals surface area contributed by atoms with Crippen LogP contribution in [0.15, 0.2) is 0 Å². The Bertz CT molecular complexity index is 230. The lowest BCUT2D eigenvalue weighted by Crippen LogP contribution is -2.48. The first kappa shape index (κ1) is 14.7. The molecule has 1 rings (SSSR count). The van der Waals surface area contributed by atoms with E-state index < -0.39 is 0 Å². The molecule has 0 aromatic rings. The molecule has 0 saturated carbocycles. The third-order valence-electron chi connectivity index (χ3n) is 2.68. The van der Waals surface area contributed by atoms with Gasteiger partial charge in [-0.2, -0.15) is 0 Å². The number of morpholine rings is 1. The summed E-state index contributed by atoms with van der Waals surface area (Å²) in [6.07, 6.45) is 0. The van der Waals surface area contributed by atoms with Gasteiger partial charge >= 0.3 is 0 Å². The van der Waals surface area contributed by atoms with Crippen LogP contribution in [0, 0.1) is 5.92 Å². The van der Waals surface area contributed by atoms with Gasteiger partial charge in [0.2, 0.25) is 0 Å². The Morgan fingerprint density at radius 2 is 1.94 bits per heavy atom. The van der Waals surface area contributed by atoms with Crippen LogP contribution in [0.5, 0.6) is 0 Å². The van der Waals surface area contributed by atoms with Crippen LogP contribution in [0.1, 0.15) is 20.8 Å². The molecular formula is C12H25N3OS. The van der Waals surface area contributed by atoms with Crippen LogP contribution in [-0.4, -0.2) is 55.4 Å². The van der Waals surface area contributed by atoms with Gasteiger partial charge in [-0.15, -0.1) is 0 Å². The van der Waals surface area contributed by atoms with Gasteiger partial charge in [-0.1, -0.05) is 13.8 Å². The van der Waals surface area contributed by atoms with E-state index in [9.17, 15) is 0 Å². The van der Waals surface area contributed by atoms with Crippen molar-refractivity contribution in [2.24, 2.45) is 5.92 Å². The van der Waals surface area contributed by atoms with E-state index in [0.717, 1.165) is 44.5 Å². The SMILES string of the molecule is CC(C)CNC(=S)NC(C)CN1CCOCC1. The van der Waals surface area contributed by atoms with Gasteiger partial charge in [0.15, 0.2) is 5.11 Å². The molecular weight excluding hydrogens is 234 g/mol. The maximum absolute atomic E-state index is 5.33. The van der Waals surface area contributed by atoms with Gasteiger partial charge in [-0.3, -0.25) is 4.90 Å². The summed E-state index contributed by atoms with van der Waals surface area (Å²) in [5.74, 6) is 0.615. The zero-order chi connectivity index (χ0) is 12.7. The second kappa shape index (κ2) is 7.84. The van der Waals surface area contributed by atoms with Crippen molar-refractivity contribution < 1.29 is 4.74 Å². The lowest BCUT2D eigenvalue weighted by Gasteiger charge is -2.29. The number of hydrogen-bond donors (Lipinski definition) is 2. The predicted molar refractivity (Wildman–Crippen MR) is 75.3 cm³/mol. The van der Waals surface area contributed by atoms with Crippen LogP contribution >= 0.6 is 12.2 Å². The summed E-state index contributed by atoms with van der Waals surface area (Å²) in [6, 6.07) is 0.375. The minimum atomic E-state index is 0.375. The van der Waals surface area contributed by atoms with Crippen LogP contribution in [0.2, 0.25) is 0 Å². The highest BCUT2D eigenvalue weighted by Crippen LogP contribution is 1.98. The molecule has 1 aliphatic heterocycles. The van der Waals surface area contributed by atoms with E-state index in [-0.39, 0.29) is 0 Å². The Kier molecular flexibility index (Phi) is 6.77. The van der Waals surface area contributed by atoms with E-state index >= 15 is 0 Å². The van der Waals surface area contributed by atoms with Gasteiger partial charge < -0.3 is 15.4 Å². The maximum atomic E-state index is 5.33. The normalized spacial score (nSPS) is 19.1. The van der Waals surface area contributed by atoms with Crippen LogP contribution in [-0.2, 0) is 4.74 Å². The van der Waals surface area contributed by atoms with E-state index in [0.29, 0.717) is 12.0 Å². The molecule has 17 heavy (non-hydrogen) atoms. The Labute approximate surface area is 110 Å². The summed E-state index contributed by atoms with van der Waals surface area (Å²) >= 11 is 5.25. The third kappa shape index (κ3) is 6.81. The van der Waals surface area contributed by atoms with E-state index in [2.05, 4.69) is 36.3 Å². The standard InChI is InChI=1S/C12H25N3OS/c1-10(2)8-13-12(17)14-11(3)9-15-4-6-16-7-5-15/h10-11H,4-9H2,1-3H3,(H2,13,14,17). The van der Waals surface area contributed by atoms with Gasteiger partial charge in [-0.25, -0.2) is 0 Å². The fraction of sp³-hybridized carbons (Fsp3) is 0.917. The van der Waals surface area contributed by atoms with E-state index in [1.807, 2.05) is 0 Å². The fourth-order valence-electron chi connectivity index (χ4n) is 1.79. The highest BCUT2D eigenvalue weighted by Gasteiger charge is 2.13.